The molecule has 1 aliphatic carbocycles. The van der Waals surface area contributed by atoms with Crippen LogP contribution in [0, 0.1) is 16.0 Å². The van der Waals surface area contributed by atoms with Gasteiger partial charge in [-0.3, -0.25) is 14.9 Å². The fourth-order valence-electron chi connectivity index (χ4n) is 3.33. The van der Waals surface area contributed by atoms with Crippen molar-refractivity contribution >= 4 is 17.3 Å². The van der Waals surface area contributed by atoms with Crippen LogP contribution in [-0.2, 0) is 0 Å². The lowest BCUT2D eigenvalue weighted by atomic mass is 9.90. The summed E-state index contributed by atoms with van der Waals surface area (Å²) < 4.78 is 0. The molecule has 1 aromatic rings. The molecule has 2 fully saturated rings. The molecule has 1 aromatic carbocycles. The van der Waals surface area contributed by atoms with E-state index >= 15 is 0 Å². The van der Waals surface area contributed by atoms with Gasteiger partial charge in [-0.25, -0.2) is 0 Å². The van der Waals surface area contributed by atoms with Gasteiger partial charge in [0.15, 0.2) is 0 Å². The Morgan fingerprint density at radius 3 is 2.79 bits per heavy atom. The van der Waals surface area contributed by atoms with Crippen molar-refractivity contribution in [3.05, 3.63) is 33.9 Å². The Balaban J connectivity index is 1.86. The van der Waals surface area contributed by atoms with Gasteiger partial charge in [-0.2, -0.15) is 0 Å². The molecule has 130 valence electrons. The highest BCUT2D eigenvalue weighted by molar-refractivity contribution is 5.96. The molecular weight excluding hydrogens is 310 g/mol. The summed E-state index contributed by atoms with van der Waals surface area (Å²) >= 11 is 0. The standard InChI is InChI=1S/C17H23N3O4/c1-11-3-2-8-19(16(11)10-21)17(22)12-4-7-14(18-13-5-6-13)15(9-12)20(23)24/h4,7,9,11,13,16,18,21H,2-3,5-6,8,10H2,1H3. The summed E-state index contributed by atoms with van der Waals surface area (Å²) in [6.45, 7) is 2.51. The van der Waals surface area contributed by atoms with Crippen LogP contribution in [0.2, 0.25) is 0 Å². The molecule has 2 N–H and O–H groups in total. The molecule has 0 bridgehead atoms. The maximum absolute atomic E-state index is 12.8. The van der Waals surface area contributed by atoms with E-state index in [1.54, 1.807) is 17.0 Å². The van der Waals surface area contributed by atoms with Gasteiger partial charge in [0.2, 0.25) is 0 Å². The van der Waals surface area contributed by atoms with E-state index in [2.05, 4.69) is 5.32 Å². The zero-order valence-corrected chi connectivity index (χ0v) is 13.8. The third-order valence-electron chi connectivity index (χ3n) is 4.94. The fraction of sp³-hybridized carbons (Fsp3) is 0.588. The predicted octanol–water partition coefficient (Wildman–Crippen LogP) is 2.40. The van der Waals surface area contributed by atoms with Gasteiger partial charge in [-0.15, -0.1) is 0 Å². The molecule has 0 spiro atoms. The van der Waals surface area contributed by atoms with Crippen LogP contribution in [0.5, 0.6) is 0 Å². The van der Waals surface area contributed by atoms with Crippen molar-refractivity contribution in [2.24, 2.45) is 5.92 Å². The molecule has 0 radical (unpaired) electrons. The van der Waals surface area contributed by atoms with Gasteiger partial charge >= 0.3 is 0 Å². The van der Waals surface area contributed by atoms with E-state index < -0.39 is 4.92 Å². The van der Waals surface area contributed by atoms with E-state index in [9.17, 15) is 20.0 Å². The van der Waals surface area contributed by atoms with Crippen LogP contribution in [0.4, 0.5) is 11.4 Å². The van der Waals surface area contributed by atoms with Crippen molar-refractivity contribution in [2.45, 2.75) is 44.7 Å². The van der Waals surface area contributed by atoms with Gasteiger partial charge in [0.05, 0.1) is 17.6 Å². The Hall–Kier alpha value is -2.15. The number of anilines is 1. The molecule has 3 rings (SSSR count). The molecule has 1 saturated heterocycles. The molecule has 7 nitrogen and oxygen atoms in total. The molecule has 2 aliphatic rings. The SMILES string of the molecule is CC1CCCN(C(=O)c2ccc(NC3CC3)c([N+](=O)[O-])c2)C1CO. The zero-order valence-electron chi connectivity index (χ0n) is 13.8. The molecule has 2 atom stereocenters. The number of likely N-dealkylation sites (tertiary alicyclic amines) is 1. The number of nitrogens with zero attached hydrogens (tertiary/aromatic N) is 2. The number of carbonyl (C=O) groups excluding carboxylic acids is 1. The summed E-state index contributed by atoms with van der Waals surface area (Å²) in [5.41, 5.74) is 0.693. The number of rotatable bonds is 5. The number of aliphatic hydroxyl groups is 1. The van der Waals surface area contributed by atoms with Crippen molar-refractivity contribution in [3.8, 4) is 0 Å². The highest BCUT2D eigenvalue weighted by atomic mass is 16.6. The number of amides is 1. The van der Waals surface area contributed by atoms with Crippen molar-refractivity contribution in [1.29, 1.82) is 0 Å². The van der Waals surface area contributed by atoms with E-state index in [-0.39, 0.29) is 30.2 Å². The maximum atomic E-state index is 12.8. The van der Waals surface area contributed by atoms with Crippen LogP contribution in [0.3, 0.4) is 0 Å². The summed E-state index contributed by atoms with van der Waals surface area (Å²) in [6.07, 6.45) is 3.88. The van der Waals surface area contributed by atoms with E-state index in [0.717, 1.165) is 25.7 Å². The second kappa shape index (κ2) is 6.76. The first-order valence-corrected chi connectivity index (χ1v) is 8.48. The quantitative estimate of drug-likeness (QED) is 0.637. The number of nitro groups is 1. The number of nitrogens with one attached hydrogen (secondary N) is 1. The number of hydrogen-bond acceptors (Lipinski definition) is 5. The van der Waals surface area contributed by atoms with Gasteiger partial charge in [0.1, 0.15) is 5.69 Å². The number of carbonyl (C=O) groups is 1. The number of nitro benzene ring substituents is 1. The van der Waals surface area contributed by atoms with Gasteiger partial charge < -0.3 is 15.3 Å². The minimum Gasteiger partial charge on any atom is -0.394 e. The molecule has 0 aromatic heterocycles. The summed E-state index contributed by atoms with van der Waals surface area (Å²) in [5.74, 6) is -0.0276. The Bertz CT molecular complexity index is 645. The van der Waals surface area contributed by atoms with Gasteiger partial charge in [0, 0.05) is 24.2 Å². The van der Waals surface area contributed by atoms with E-state index in [0.29, 0.717) is 23.8 Å². The second-order valence-corrected chi connectivity index (χ2v) is 6.78. The lowest BCUT2D eigenvalue weighted by molar-refractivity contribution is -0.384. The van der Waals surface area contributed by atoms with Crippen molar-refractivity contribution in [1.82, 2.24) is 4.90 Å². The minimum atomic E-state index is -0.455. The zero-order chi connectivity index (χ0) is 17.3. The first kappa shape index (κ1) is 16.7. The molecule has 1 saturated carbocycles. The van der Waals surface area contributed by atoms with Gasteiger partial charge in [-0.05, 0) is 43.7 Å². The third kappa shape index (κ3) is 3.36. The second-order valence-electron chi connectivity index (χ2n) is 6.78. The summed E-state index contributed by atoms with van der Waals surface area (Å²) in [4.78, 5) is 25.4. The van der Waals surface area contributed by atoms with Crippen molar-refractivity contribution in [3.63, 3.8) is 0 Å². The smallest absolute Gasteiger partial charge is 0.293 e. The molecule has 1 amide bonds. The van der Waals surface area contributed by atoms with E-state index in [1.807, 2.05) is 6.92 Å². The minimum absolute atomic E-state index is 0.0710. The highest BCUT2D eigenvalue weighted by Gasteiger charge is 2.33. The largest absolute Gasteiger partial charge is 0.394 e. The lowest BCUT2D eigenvalue weighted by Gasteiger charge is -2.39. The van der Waals surface area contributed by atoms with Crippen LogP contribution in [0.15, 0.2) is 18.2 Å². The van der Waals surface area contributed by atoms with Crippen molar-refractivity contribution in [2.75, 3.05) is 18.5 Å². The van der Waals surface area contributed by atoms with Crippen molar-refractivity contribution < 1.29 is 14.8 Å². The molecule has 7 heteroatoms. The summed E-state index contributed by atoms with van der Waals surface area (Å²) in [6, 6.07) is 4.67. The third-order valence-corrected chi connectivity index (χ3v) is 4.94. The monoisotopic (exact) mass is 333 g/mol. The fourth-order valence-corrected chi connectivity index (χ4v) is 3.33. The first-order chi connectivity index (χ1) is 11.5. The summed E-state index contributed by atoms with van der Waals surface area (Å²) in [7, 11) is 0. The van der Waals surface area contributed by atoms with Crippen LogP contribution in [-0.4, -0.2) is 46.1 Å². The van der Waals surface area contributed by atoms with E-state index in [1.165, 1.54) is 6.07 Å². The molecular formula is C17H23N3O4. The average Bonchev–Trinajstić information content (AvgIpc) is 3.38. The molecule has 1 aliphatic heterocycles. The topological polar surface area (TPSA) is 95.7 Å². The average molecular weight is 333 g/mol. The Labute approximate surface area is 140 Å². The number of aliphatic hydroxyl groups excluding tert-OH is 1. The maximum Gasteiger partial charge on any atom is 0.293 e. The number of benzene rings is 1. The van der Waals surface area contributed by atoms with E-state index in [4.69, 9.17) is 0 Å². The van der Waals surface area contributed by atoms with Gasteiger partial charge in [-0.1, -0.05) is 6.92 Å². The molecule has 2 unspecified atom stereocenters. The number of hydrogen-bond donors (Lipinski definition) is 2. The van der Waals surface area contributed by atoms with Crippen LogP contribution >= 0.6 is 0 Å². The Morgan fingerprint density at radius 2 is 2.17 bits per heavy atom. The molecule has 24 heavy (non-hydrogen) atoms. The first-order valence-electron chi connectivity index (χ1n) is 8.48. The Morgan fingerprint density at radius 1 is 1.42 bits per heavy atom. The predicted molar refractivity (Wildman–Crippen MR) is 90.0 cm³/mol. The van der Waals surface area contributed by atoms with Crippen LogP contribution in [0.1, 0.15) is 43.0 Å². The number of piperidine rings is 1. The Kier molecular flexibility index (Phi) is 4.71. The normalized spacial score (nSPS) is 23.8. The molecule has 1 heterocycles. The highest BCUT2D eigenvalue weighted by Crippen LogP contribution is 2.32. The lowest BCUT2D eigenvalue weighted by Crippen LogP contribution is -2.49. The van der Waals surface area contributed by atoms with Crippen LogP contribution < -0.4 is 5.32 Å². The summed E-state index contributed by atoms with van der Waals surface area (Å²) in [5, 5.41) is 24.1. The van der Waals surface area contributed by atoms with Crippen LogP contribution in [0.25, 0.3) is 0 Å². The van der Waals surface area contributed by atoms with Gasteiger partial charge in [0.25, 0.3) is 11.6 Å².